The summed E-state index contributed by atoms with van der Waals surface area (Å²) in [5.41, 5.74) is 0.211. The number of furan rings is 1. The Morgan fingerprint density at radius 1 is 1.12 bits per heavy atom. The summed E-state index contributed by atoms with van der Waals surface area (Å²) in [7, 11) is 0. The van der Waals surface area contributed by atoms with Gasteiger partial charge < -0.3 is 13.9 Å². The molecule has 0 radical (unpaired) electrons. The Kier molecular flexibility index (Phi) is 4.62. The molecule has 6 rings (SSSR count). The van der Waals surface area contributed by atoms with Crippen molar-refractivity contribution in [1.29, 1.82) is 0 Å². The van der Waals surface area contributed by atoms with Gasteiger partial charge in [0.05, 0.1) is 4.92 Å². The van der Waals surface area contributed by atoms with Crippen molar-refractivity contribution in [3.05, 3.63) is 97.2 Å². The number of benzene rings is 2. The van der Waals surface area contributed by atoms with Crippen molar-refractivity contribution >= 4 is 28.1 Å². The first-order valence-corrected chi connectivity index (χ1v) is 11.0. The normalized spacial score (nSPS) is 15.6. The topological polar surface area (TPSA) is 122 Å². The summed E-state index contributed by atoms with van der Waals surface area (Å²) in [6.45, 7) is 0.245. The van der Waals surface area contributed by atoms with Crippen LogP contribution in [0.1, 0.15) is 17.7 Å². The maximum atomic E-state index is 12.9. The van der Waals surface area contributed by atoms with E-state index in [0.717, 1.165) is 0 Å². The lowest BCUT2D eigenvalue weighted by Crippen LogP contribution is -2.26. The third-order valence-corrected chi connectivity index (χ3v) is 6.20. The van der Waals surface area contributed by atoms with E-state index in [1.807, 2.05) is 18.2 Å². The molecule has 0 bridgehead atoms. The smallest absolute Gasteiger partial charge is 0.291 e. The van der Waals surface area contributed by atoms with Crippen molar-refractivity contribution < 1.29 is 18.8 Å². The number of ether oxygens (including phenoxy) is 2. The summed E-state index contributed by atoms with van der Waals surface area (Å²) in [5, 5.41) is 15.3. The minimum atomic E-state index is -0.517. The number of aromatic nitrogens is 3. The van der Waals surface area contributed by atoms with Gasteiger partial charge in [0, 0.05) is 23.8 Å². The van der Waals surface area contributed by atoms with Crippen molar-refractivity contribution in [1.82, 2.24) is 14.6 Å². The van der Waals surface area contributed by atoms with E-state index in [-0.39, 0.29) is 17.9 Å². The Labute approximate surface area is 194 Å². The van der Waals surface area contributed by atoms with Gasteiger partial charge in [-0.3, -0.25) is 14.9 Å². The van der Waals surface area contributed by atoms with Crippen LogP contribution in [0.4, 0.5) is 5.69 Å². The molecule has 11 heteroatoms. The molecular weight excluding hydrogens is 460 g/mol. The van der Waals surface area contributed by atoms with E-state index in [1.165, 1.54) is 28.0 Å². The molecule has 0 N–H and O–H groups in total. The second-order valence-corrected chi connectivity index (χ2v) is 8.46. The van der Waals surface area contributed by atoms with Gasteiger partial charge in [-0.15, -0.1) is 5.10 Å². The molecular formula is C23H14N4O6S. The molecule has 0 amide bonds. The molecule has 1 aliphatic heterocycles. The van der Waals surface area contributed by atoms with Crippen LogP contribution in [0.3, 0.4) is 0 Å². The highest BCUT2D eigenvalue weighted by atomic mass is 32.1. The molecule has 0 unspecified atom stereocenters. The maximum absolute atomic E-state index is 12.9. The first-order chi connectivity index (χ1) is 16.5. The van der Waals surface area contributed by atoms with Gasteiger partial charge in [-0.1, -0.05) is 35.6 Å². The molecule has 10 nitrogen and oxygen atoms in total. The summed E-state index contributed by atoms with van der Waals surface area (Å²) in [4.78, 5) is 28.3. The Bertz CT molecular complexity index is 1670. The summed E-state index contributed by atoms with van der Waals surface area (Å²) in [6.07, 6.45) is 1.08. The molecule has 168 valence electrons. The number of rotatable bonds is 4. The minimum Gasteiger partial charge on any atom is -0.485 e. The molecule has 4 heterocycles. The average molecular weight is 474 g/mol. The number of thiazole rings is 1. The Hall–Kier alpha value is -4.51. The molecule has 0 aliphatic carbocycles. The average Bonchev–Trinajstić information content (AvgIpc) is 3.56. The lowest BCUT2D eigenvalue weighted by Gasteiger charge is -2.24. The van der Waals surface area contributed by atoms with Gasteiger partial charge >= 0.3 is 0 Å². The first-order valence-electron chi connectivity index (χ1n) is 10.2. The number of hydrogen-bond acceptors (Lipinski definition) is 9. The lowest BCUT2D eigenvalue weighted by atomic mass is 10.1. The molecule has 0 spiro atoms. The fourth-order valence-corrected chi connectivity index (χ4v) is 4.51. The highest BCUT2D eigenvalue weighted by Crippen LogP contribution is 2.35. The van der Waals surface area contributed by atoms with E-state index >= 15 is 0 Å². The van der Waals surface area contributed by atoms with E-state index in [9.17, 15) is 14.9 Å². The van der Waals surface area contributed by atoms with Crippen molar-refractivity contribution in [2.75, 3.05) is 6.61 Å². The van der Waals surface area contributed by atoms with E-state index in [2.05, 4.69) is 10.1 Å². The number of fused-ring (bicyclic) bond motifs is 2. The number of nitro benzene ring substituents is 1. The van der Waals surface area contributed by atoms with Crippen LogP contribution < -0.4 is 19.6 Å². The summed E-state index contributed by atoms with van der Waals surface area (Å²) in [5.74, 6) is 2.52. The molecule has 34 heavy (non-hydrogen) atoms. The molecule has 1 atom stereocenters. The van der Waals surface area contributed by atoms with Crippen LogP contribution in [0.5, 0.6) is 11.5 Å². The zero-order valence-electron chi connectivity index (χ0n) is 17.3. The monoisotopic (exact) mass is 474 g/mol. The maximum Gasteiger partial charge on any atom is 0.291 e. The molecule has 5 aromatic rings. The third kappa shape index (κ3) is 3.48. The lowest BCUT2D eigenvalue weighted by molar-refractivity contribution is -0.384. The van der Waals surface area contributed by atoms with Gasteiger partial charge in [0.25, 0.3) is 11.2 Å². The highest BCUT2D eigenvalue weighted by Gasteiger charge is 2.27. The molecule has 2 aromatic carbocycles. The number of hydrogen-bond donors (Lipinski definition) is 0. The largest absolute Gasteiger partial charge is 0.485 e. The summed E-state index contributed by atoms with van der Waals surface area (Å²) < 4.78 is 19.1. The van der Waals surface area contributed by atoms with Crippen molar-refractivity contribution in [2.45, 2.75) is 6.10 Å². The SMILES string of the molecule is O=c1/c(=C\c2ccc(-c3cccc([N+](=O)[O-])c3)o2)sc2nc([C@H]3COc4ccccc4O3)nn12. The zero-order valence-corrected chi connectivity index (χ0v) is 18.1. The van der Waals surface area contributed by atoms with Crippen molar-refractivity contribution in [3.8, 4) is 22.8 Å². The van der Waals surface area contributed by atoms with Gasteiger partial charge in [-0.2, -0.15) is 9.50 Å². The van der Waals surface area contributed by atoms with E-state index in [1.54, 1.807) is 36.4 Å². The van der Waals surface area contributed by atoms with Crippen LogP contribution >= 0.6 is 11.3 Å². The minimum absolute atomic E-state index is 0.0292. The summed E-state index contributed by atoms with van der Waals surface area (Å²) in [6, 6.07) is 16.9. The number of nitrogens with zero attached hydrogens (tertiary/aromatic N) is 4. The van der Waals surface area contributed by atoms with Crippen LogP contribution in [0, 0.1) is 10.1 Å². The van der Waals surface area contributed by atoms with Crippen LogP contribution in [0.2, 0.25) is 0 Å². The number of para-hydroxylation sites is 2. The quantitative estimate of drug-likeness (QED) is 0.287. The third-order valence-electron chi connectivity index (χ3n) is 5.24. The predicted molar refractivity (Wildman–Crippen MR) is 122 cm³/mol. The molecule has 0 fully saturated rings. The Morgan fingerprint density at radius 2 is 1.97 bits per heavy atom. The fourth-order valence-electron chi connectivity index (χ4n) is 3.62. The van der Waals surface area contributed by atoms with Crippen LogP contribution in [0.25, 0.3) is 22.4 Å². The van der Waals surface area contributed by atoms with Gasteiger partial charge in [-0.05, 0) is 24.3 Å². The predicted octanol–water partition coefficient (Wildman–Crippen LogP) is 3.38. The van der Waals surface area contributed by atoms with Crippen LogP contribution in [0.15, 0.2) is 69.9 Å². The van der Waals surface area contributed by atoms with E-state index < -0.39 is 11.0 Å². The van der Waals surface area contributed by atoms with Gasteiger partial charge in [0.1, 0.15) is 22.7 Å². The van der Waals surface area contributed by atoms with E-state index in [0.29, 0.717) is 43.9 Å². The Morgan fingerprint density at radius 3 is 2.79 bits per heavy atom. The van der Waals surface area contributed by atoms with Crippen molar-refractivity contribution in [3.63, 3.8) is 0 Å². The summed E-state index contributed by atoms with van der Waals surface area (Å²) >= 11 is 1.18. The molecule has 0 saturated carbocycles. The van der Waals surface area contributed by atoms with E-state index in [4.69, 9.17) is 13.9 Å². The second-order valence-electron chi connectivity index (χ2n) is 7.45. The number of non-ortho nitro benzene ring substituents is 1. The standard InChI is InChI=1S/C23H14N4O6S/c28-22-20(11-15-8-9-16(32-15)13-4-3-5-14(10-13)27(29)30)34-23-24-21(25-26(22)23)19-12-31-17-6-1-2-7-18(17)33-19/h1-11,19H,12H2/b20-11+/t19-/m1/s1. The second kappa shape index (κ2) is 7.81. The molecule has 0 saturated heterocycles. The van der Waals surface area contributed by atoms with Crippen LogP contribution in [-0.4, -0.2) is 26.1 Å². The Balaban J connectivity index is 1.29. The van der Waals surface area contributed by atoms with Gasteiger partial charge in [0.2, 0.25) is 4.96 Å². The molecule has 3 aromatic heterocycles. The highest BCUT2D eigenvalue weighted by molar-refractivity contribution is 7.15. The molecule has 1 aliphatic rings. The van der Waals surface area contributed by atoms with Crippen molar-refractivity contribution in [2.24, 2.45) is 0 Å². The zero-order chi connectivity index (χ0) is 23.2. The first kappa shape index (κ1) is 20.1. The number of nitro groups is 1. The van der Waals surface area contributed by atoms with Crippen LogP contribution in [-0.2, 0) is 0 Å². The van der Waals surface area contributed by atoms with Gasteiger partial charge in [0.15, 0.2) is 23.4 Å². The van der Waals surface area contributed by atoms with Gasteiger partial charge in [-0.25, -0.2) is 0 Å². The fraction of sp³-hybridized carbons (Fsp3) is 0.0870.